The molecule has 2 aliphatic carbocycles. The summed E-state index contributed by atoms with van der Waals surface area (Å²) in [6, 6.07) is 2.14. The van der Waals surface area contributed by atoms with Crippen molar-refractivity contribution >= 4 is 0 Å². The molecule has 0 spiro atoms. The number of nitrogens with zero attached hydrogens (tertiary/aromatic N) is 3. The predicted molar refractivity (Wildman–Crippen MR) is 100 cm³/mol. The maximum absolute atomic E-state index is 10.3. The van der Waals surface area contributed by atoms with E-state index in [1.54, 1.807) is 11.1 Å². The molecule has 4 heteroatoms. The summed E-state index contributed by atoms with van der Waals surface area (Å²) in [5, 5.41) is 15.0. The second-order valence-electron chi connectivity index (χ2n) is 9.09. The molecule has 0 unspecified atom stereocenters. The molecule has 4 nitrogen and oxygen atoms in total. The van der Waals surface area contributed by atoms with E-state index < -0.39 is 0 Å². The van der Waals surface area contributed by atoms with Crippen LogP contribution in [0, 0.1) is 11.3 Å². The molecule has 2 heterocycles. The molecule has 1 saturated carbocycles. The number of hydrogen-bond donors (Lipinski definition) is 1. The van der Waals surface area contributed by atoms with Crippen molar-refractivity contribution in [2.45, 2.75) is 78.5 Å². The van der Waals surface area contributed by atoms with Crippen LogP contribution in [0.25, 0.3) is 0 Å². The summed E-state index contributed by atoms with van der Waals surface area (Å²) in [6.45, 7) is 11.3. The average Bonchev–Trinajstić information content (AvgIpc) is 3.32. The van der Waals surface area contributed by atoms with Gasteiger partial charge < -0.3 is 5.11 Å². The van der Waals surface area contributed by atoms with Crippen LogP contribution in [0.5, 0.6) is 0 Å². The van der Waals surface area contributed by atoms with Gasteiger partial charge in [-0.25, -0.2) is 0 Å². The van der Waals surface area contributed by atoms with Gasteiger partial charge in [-0.3, -0.25) is 9.58 Å². The Bertz CT molecular complexity index is 669. The Labute approximate surface area is 151 Å². The first-order valence-corrected chi connectivity index (χ1v) is 10.1. The minimum atomic E-state index is -0.345. The van der Waals surface area contributed by atoms with Gasteiger partial charge in [0, 0.05) is 19.6 Å². The SMILES string of the molecule is CC1=C(CCN2CCn3nc([C@@H](O)C4CC4)cc3C2)C(C)(C)CCC1. The topological polar surface area (TPSA) is 41.3 Å². The molecule has 0 radical (unpaired) electrons. The monoisotopic (exact) mass is 343 g/mol. The molecule has 1 aromatic rings. The lowest BCUT2D eigenvalue weighted by Crippen LogP contribution is -2.35. The van der Waals surface area contributed by atoms with Crippen molar-refractivity contribution < 1.29 is 5.11 Å². The highest BCUT2D eigenvalue weighted by atomic mass is 16.3. The van der Waals surface area contributed by atoms with Crippen molar-refractivity contribution in [2.75, 3.05) is 13.1 Å². The summed E-state index contributed by atoms with van der Waals surface area (Å²) in [5.74, 6) is 0.455. The summed E-state index contributed by atoms with van der Waals surface area (Å²) >= 11 is 0. The van der Waals surface area contributed by atoms with E-state index in [0.717, 1.165) is 44.7 Å². The van der Waals surface area contributed by atoms with Gasteiger partial charge >= 0.3 is 0 Å². The lowest BCUT2D eigenvalue weighted by molar-refractivity contribution is 0.147. The van der Waals surface area contributed by atoms with E-state index in [1.165, 1.54) is 31.4 Å². The summed E-state index contributed by atoms with van der Waals surface area (Å²) in [6.07, 6.45) is 7.12. The first-order chi connectivity index (χ1) is 11.9. The van der Waals surface area contributed by atoms with Crippen LogP contribution < -0.4 is 0 Å². The van der Waals surface area contributed by atoms with Crippen molar-refractivity contribution in [3.63, 3.8) is 0 Å². The fourth-order valence-corrected chi connectivity index (χ4v) is 4.83. The number of allylic oxidation sites excluding steroid dienone is 1. The van der Waals surface area contributed by atoms with E-state index >= 15 is 0 Å². The second-order valence-corrected chi connectivity index (χ2v) is 9.09. The van der Waals surface area contributed by atoms with Gasteiger partial charge in [-0.2, -0.15) is 5.10 Å². The minimum absolute atomic E-state index is 0.345. The van der Waals surface area contributed by atoms with E-state index in [4.69, 9.17) is 0 Å². The Morgan fingerprint density at radius 1 is 1.32 bits per heavy atom. The predicted octanol–water partition coefficient (Wildman–Crippen LogP) is 4.06. The zero-order chi connectivity index (χ0) is 17.6. The van der Waals surface area contributed by atoms with Gasteiger partial charge in [-0.1, -0.05) is 25.0 Å². The zero-order valence-electron chi connectivity index (χ0n) is 16.1. The third-order valence-electron chi connectivity index (χ3n) is 6.63. The normalized spacial score (nSPS) is 25.1. The van der Waals surface area contributed by atoms with E-state index in [2.05, 4.69) is 41.5 Å². The highest BCUT2D eigenvalue weighted by Crippen LogP contribution is 2.42. The molecule has 1 atom stereocenters. The molecule has 25 heavy (non-hydrogen) atoms. The molecule has 1 aliphatic heterocycles. The van der Waals surface area contributed by atoms with Crippen LogP contribution in [-0.4, -0.2) is 32.9 Å². The van der Waals surface area contributed by atoms with Gasteiger partial charge in [-0.05, 0) is 62.8 Å². The fourth-order valence-electron chi connectivity index (χ4n) is 4.83. The van der Waals surface area contributed by atoms with Crippen LogP contribution in [0.1, 0.15) is 76.8 Å². The molecule has 1 aromatic heterocycles. The summed E-state index contributed by atoms with van der Waals surface area (Å²) in [4.78, 5) is 2.56. The molecule has 0 saturated heterocycles. The van der Waals surface area contributed by atoms with E-state index in [-0.39, 0.29) is 6.10 Å². The quantitative estimate of drug-likeness (QED) is 0.820. The van der Waals surface area contributed by atoms with E-state index in [9.17, 15) is 5.11 Å². The first-order valence-electron chi connectivity index (χ1n) is 10.1. The Hall–Kier alpha value is -1.13. The molecule has 3 aliphatic rings. The Kier molecular flexibility index (Phi) is 4.53. The van der Waals surface area contributed by atoms with Crippen molar-refractivity contribution in [3.8, 4) is 0 Å². The average molecular weight is 344 g/mol. The second kappa shape index (κ2) is 6.55. The largest absolute Gasteiger partial charge is 0.386 e. The molecule has 0 aromatic carbocycles. The van der Waals surface area contributed by atoms with Gasteiger partial charge in [0.25, 0.3) is 0 Å². The molecule has 0 amide bonds. The zero-order valence-corrected chi connectivity index (χ0v) is 16.1. The van der Waals surface area contributed by atoms with Gasteiger partial charge in [0.1, 0.15) is 6.10 Å². The van der Waals surface area contributed by atoms with Crippen molar-refractivity contribution in [3.05, 3.63) is 28.6 Å². The Balaban J connectivity index is 1.39. The summed E-state index contributed by atoms with van der Waals surface area (Å²) < 4.78 is 2.12. The molecular weight excluding hydrogens is 310 g/mol. The molecule has 4 rings (SSSR count). The number of rotatable bonds is 5. The summed E-state index contributed by atoms with van der Waals surface area (Å²) in [7, 11) is 0. The van der Waals surface area contributed by atoms with Crippen LogP contribution in [-0.2, 0) is 13.1 Å². The number of fused-ring (bicyclic) bond motifs is 1. The maximum Gasteiger partial charge on any atom is 0.101 e. The highest BCUT2D eigenvalue weighted by molar-refractivity contribution is 5.23. The van der Waals surface area contributed by atoms with Crippen LogP contribution >= 0.6 is 0 Å². The smallest absolute Gasteiger partial charge is 0.101 e. The Morgan fingerprint density at radius 2 is 2.12 bits per heavy atom. The third-order valence-corrected chi connectivity index (χ3v) is 6.63. The van der Waals surface area contributed by atoms with Crippen molar-refractivity contribution in [1.82, 2.24) is 14.7 Å². The fraction of sp³-hybridized carbons (Fsp3) is 0.762. The summed E-state index contributed by atoms with van der Waals surface area (Å²) in [5.41, 5.74) is 5.87. The number of aromatic nitrogens is 2. The van der Waals surface area contributed by atoms with Gasteiger partial charge in [0.15, 0.2) is 0 Å². The Morgan fingerprint density at radius 3 is 2.84 bits per heavy atom. The van der Waals surface area contributed by atoms with Gasteiger partial charge in [0.2, 0.25) is 0 Å². The molecule has 138 valence electrons. The number of hydrogen-bond acceptors (Lipinski definition) is 3. The first kappa shape index (κ1) is 17.3. The van der Waals surface area contributed by atoms with Crippen LogP contribution in [0.2, 0.25) is 0 Å². The lowest BCUT2D eigenvalue weighted by atomic mass is 9.71. The van der Waals surface area contributed by atoms with E-state index in [0.29, 0.717) is 11.3 Å². The third kappa shape index (κ3) is 3.56. The number of aliphatic hydroxyl groups excluding tert-OH is 1. The minimum Gasteiger partial charge on any atom is -0.386 e. The van der Waals surface area contributed by atoms with Crippen LogP contribution in [0.3, 0.4) is 0 Å². The van der Waals surface area contributed by atoms with Gasteiger partial charge in [-0.15, -0.1) is 0 Å². The van der Waals surface area contributed by atoms with Gasteiger partial charge in [0.05, 0.1) is 17.9 Å². The molecule has 0 bridgehead atoms. The highest BCUT2D eigenvalue weighted by Gasteiger charge is 2.33. The lowest BCUT2D eigenvalue weighted by Gasteiger charge is -2.36. The number of aliphatic hydroxyl groups is 1. The standard InChI is InChI=1S/C21H33N3O/c1-15-5-4-9-21(2,3)18(15)8-10-23-11-12-24-17(14-23)13-19(22-24)20(25)16-6-7-16/h13,16,20,25H,4-12,14H2,1-3H3/t20-/m0/s1. The van der Waals surface area contributed by atoms with E-state index in [1.807, 2.05) is 0 Å². The van der Waals surface area contributed by atoms with Crippen molar-refractivity contribution in [2.24, 2.45) is 11.3 Å². The maximum atomic E-state index is 10.3. The molecule has 1 fully saturated rings. The van der Waals surface area contributed by atoms with Crippen molar-refractivity contribution in [1.29, 1.82) is 0 Å². The molecular formula is C21H33N3O. The van der Waals surface area contributed by atoms with Crippen LogP contribution in [0.15, 0.2) is 17.2 Å². The molecule has 1 N–H and O–H groups in total. The van der Waals surface area contributed by atoms with Crippen LogP contribution in [0.4, 0.5) is 0 Å².